The molecular weight excluding hydrogens is 274 g/mol. The molecule has 2 N–H and O–H groups in total. The number of hydrogen-bond donors (Lipinski definition) is 2. The van der Waals surface area contributed by atoms with Crippen molar-refractivity contribution in [2.45, 2.75) is 39.0 Å². The molecule has 0 saturated carbocycles. The third kappa shape index (κ3) is 5.09. The number of rotatable bonds is 6. The van der Waals surface area contributed by atoms with Gasteiger partial charge in [-0.25, -0.2) is 4.39 Å². The first-order valence-electron chi connectivity index (χ1n) is 6.45. The second-order valence-corrected chi connectivity index (χ2v) is 5.09. The van der Waals surface area contributed by atoms with Crippen LogP contribution in [0.5, 0.6) is 0 Å². The Morgan fingerprint density at radius 1 is 1.20 bits per heavy atom. The molecule has 0 heterocycles. The van der Waals surface area contributed by atoms with E-state index in [2.05, 4.69) is 5.32 Å². The summed E-state index contributed by atoms with van der Waals surface area (Å²) in [6.07, 6.45) is -4.06. The SMILES string of the molecule is CC(C)C(CCO)NCc1cc(F)cc(C(F)(F)F)c1. The second-order valence-electron chi connectivity index (χ2n) is 5.09. The molecule has 6 heteroatoms. The first-order chi connectivity index (χ1) is 9.24. The predicted octanol–water partition coefficient (Wildman–Crippen LogP) is 3.34. The van der Waals surface area contributed by atoms with Crippen LogP contribution in [0.4, 0.5) is 17.6 Å². The first kappa shape index (κ1) is 16.9. The summed E-state index contributed by atoms with van der Waals surface area (Å²) in [5, 5.41) is 12.0. The van der Waals surface area contributed by atoms with E-state index in [1.54, 1.807) is 0 Å². The molecular formula is C14H19F4NO. The fourth-order valence-electron chi connectivity index (χ4n) is 1.98. The number of halogens is 4. The maximum absolute atomic E-state index is 13.2. The standard InChI is InChI=1S/C14H19F4NO/c1-9(2)13(3-4-20)19-8-10-5-11(14(16,17)18)7-12(15)6-10/h5-7,9,13,19-20H,3-4,8H2,1-2H3. The molecule has 0 aromatic heterocycles. The smallest absolute Gasteiger partial charge is 0.396 e. The van der Waals surface area contributed by atoms with E-state index in [9.17, 15) is 17.6 Å². The molecule has 1 unspecified atom stereocenters. The van der Waals surface area contributed by atoms with Crippen molar-refractivity contribution >= 4 is 0 Å². The Kier molecular flexibility index (Phi) is 5.95. The van der Waals surface area contributed by atoms with Gasteiger partial charge in [-0.2, -0.15) is 13.2 Å². The van der Waals surface area contributed by atoms with Crippen LogP contribution in [-0.4, -0.2) is 17.8 Å². The molecule has 0 radical (unpaired) electrons. The molecule has 0 aliphatic carbocycles. The Morgan fingerprint density at radius 3 is 2.35 bits per heavy atom. The lowest BCUT2D eigenvalue weighted by Crippen LogP contribution is -2.34. The molecule has 1 rings (SSSR count). The van der Waals surface area contributed by atoms with Crippen molar-refractivity contribution in [3.8, 4) is 0 Å². The number of aliphatic hydroxyl groups is 1. The lowest BCUT2D eigenvalue weighted by Gasteiger charge is -2.22. The second kappa shape index (κ2) is 7.04. The van der Waals surface area contributed by atoms with Gasteiger partial charge in [-0.15, -0.1) is 0 Å². The van der Waals surface area contributed by atoms with Gasteiger partial charge in [0.1, 0.15) is 5.82 Å². The maximum Gasteiger partial charge on any atom is 0.416 e. The molecule has 114 valence electrons. The lowest BCUT2D eigenvalue weighted by atomic mass is 10.0. The van der Waals surface area contributed by atoms with E-state index in [1.807, 2.05) is 13.8 Å². The zero-order valence-electron chi connectivity index (χ0n) is 11.5. The molecule has 1 aromatic rings. The summed E-state index contributed by atoms with van der Waals surface area (Å²) in [6, 6.07) is 2.47. The van der Waals surface area contributed by atoms with Crippen molar-refractivity contribution < 1.29 is 22.7 Å². The van der Waals surface area contributed by atoms with Gasteiger partial charge in [0.15, 0.2) is 0 Å². The summed E-state index contributed by atoms with van der Waals surface area (Å²) in [6.45, 7) is 4.01. The quantitative estimate of drug-likeness (QED) is 0.788. The van der Waals surface area contributed by atoms with E-state index < -0.39 is 17.6 Å². The zero-order chi connectivity index (χ0) is 15.3. The summed E-state index contributed by atoms with van der Waals surface area (Å²) >= 11 is 0. The fraction of sp³-hybridized carbons (Fsp3) is 0.571. The molecule has 0 amide bonds. The molecule has 0 aliphatic rings. The molecule has 0 saturated heterocycles. The van der Waals surface area contributed by atoms with Crippen molar-refractivity contribution in [1.82, 2.24) is 5.32 Å². The van der Waals surface area contributed by atoms with Crippen LogP contribution < -0.4 is 5.32 Å². The van der Waals surface area contributed by atoms with Crippen LogP contribution in [0, 0.1) is 11.7 Å². The lowest BCUT2D eigenvalue weighted by molar-refractivity contribution is -0.137. The van der Waals surface area contributed by atoms with Gasteiger partial charge in [-0.1, -0.05) is 13.8 Å². The predicted molar refractivity (Wildman–Crippen MR) is 68.6 cm³/mol. The van der Waals surface area contributed by atoms with Gasteiger partial charge in [0, 0.05) is 19.2 Å². The van der Waals surface area contributed by atoms with Crippen LogP contribution in [0.15, 0.2) is 18.2 Å². The van der Waals surface area contributed by atoms with E-state index in [4.69, 9.17) is 5.11 Å². The van der Waals surface area contributed by atoms with Crippen molar-refractivity contribution in [3.63, 3.8) is 0 Å². The Balaban J connectivity index is 2.80. The highest BCUT2D eigenvalue weighted by atomic mass is 19.4. The maximum atomic E-state index is 13.2. The van der Waals surface area contributed by atoms with Gasteiger partial charge in [0.25, 0.3) is 0 Å². The van der Waals surface area contributed by atoms with Crippen LogP contribution in [0.1, 0.15) is 31.4 Å². The van der Waals surface area contributed by atoms with Crippen molar-refractivity contribution in [3.05, 3.63) is 35.1 Å². The Bertz CT molecular complexity index is 432. The number of nitrogens with one attached hydrogen (secondary N) is 1. The van der Waals surface area contributed by atoms with Gasteiger partial charge in [0.05, 0.1) is 5.56 Å². The topological polar surface area (TPSA) is 32.3 Å². The van der Waals surface area contributed by atoms with Gasteiger partial charge in [0.2, 0.25) is 0 Å². The molecule has 0 bridgehead atoms. The normalized spacial score (nSPS) is 13.8. The van der Waals surface area contributed by atoms with E-state index in [0.29, 0.717) is 12.5 Å². The molecule has 0 spiro atoms. The third-order valence-corrected chi connectivity index (χ3v) is 3.10. The molecule has 2 nitrogen and oxygen atoms in total. The minimum absolute atomic E-state index is 0.00714. The summed E-state index contributed by atoms with van der Waals surface area (Å²) < 4.78 is 50.9. The number of alkyl halides is 3. The van der Waals surface area contributed by atoms with Crippen LogP contribution >= 0.6 is 0 Å². The minimum atomic E-state index is -4.56. The fourth-order valence-corrected chi connectivity index (χ4v) is 1.98. The Labute approximate surface area is 115 Å². The molecule has 0 fully saturated rings. The number of benzene rings is 1. The van der Waals surface area contributed by atoms with Crippen LogP contribution in [-0.2, 0) is 12.7 Å². The van der Waals surface area contributed by atoms with E-state index in [0.717, 1.165) is 12.1 Å². The van der Waals surface area contributed by atoms with Gasteiger partial charge in [-0.05, 0) is 36.1 Å². The molecule has 20 heavy (non-hydrogen) atoms. The largest absolute Gasteiger partial charge is 0.416 e. The Hall–Kier alpha value is -1.14. The van der Waals surface area contributed by atoms with Crippen molar-refractivity contribution in [2.24, 2.45) is 5.92 Å². The first-order valence-corrected chi connectivity index (χ1v) is 6.45. The van der Waals surface area contributed by atoms with Gasteiger partial charge >= 0.3 is 6.18 Å². The van der Waals surface area contributed by atoms with Crippen LogP contribution in [0.2, 0.25) is 0 Å². The van der Waals surface area contributed by atoms with Crippen LogP contribution in [0.3, 0.4) is 0 Å². The minimum Gasteiger partial charge on any atom is -0.396 e. The van der Waals surface area contributed by atoms with E-state index >= 15 is 0 Å². The van der Waals surface area contributed by atoms with Crippen LogP contribution in [0.25, 0.3) is 0 Å². The van der Waals surface area contributed by atoms with Crippen molar-refractivity contribution in [1.29, 1.82) is 0 Å². The monoisotopic (exact) mass is 293 g/mol. The average molecular weight is 293 g/mol. The summed E-state index contributed by atoms with van der Waals surface area (Å²) in [5.41, 5.74) is -0.751. The summed E-state index contributed by atoms with van der Waals surface area (Å²) in [4.78, 5) is 0. The number of hydrogen-bond acceptors (Lipinski definition) is 2. The van der Waals surface area contributed by atoms with Gasteiger partial charge < -0.3 is 10.4 Å². The highest BCUT2D eigenvalue weighted by Crippen LogP contribution is 2.30. The number of aliphatic hydroxyl groups excluding tert-OH is 1. The summed E-state index contributed by atoms with van der Waals surface area (Å²) in [5.74, 6) is -0.683. The molecule has 0 aliphatic heterocycles. The Morgan fingerprint density at radius 2 is 1.85 bits per heavy atom. The molecule has 1 atom stereocenters. The summed E-state index contributed by atoms with van der Waals surface area (Å²) in [7, 11) is 0. The van der Waals surface area contributed by atoms with Crippen molar-refractivity contribution in [2.75, 3.05) is 6.61 Å². The average Bonchev–Trinajstić information content (AvgIpc) is 2.32. The van der Waals surface area contributed by atoms with Gasteiger partial charge in [-0.3, -0.25) is 0 Å². The molecule has 1 aromatic carbocycles. The van der Waals surface area contributed by atoms with E-state index in [1.165, 1.54) is 0 Å². The highest BCUT2D eigenvalue weighted by molar-refractivity contribution is 5.26. The zero-order valence-corrected chi connectivity index (χ0v) is 11.5. The highest BCUT2D eigenvalue weighted by Gasteiger charge is 2.31. The third-order valence-electron chi connectivity index (χ3n) is 3.10. The van der Waals surface area contributed by atoms with E-state index in [-0.39, 0.29) is 30.7 Å².